The predicted molar refractivity (Wildman–Crippen MR) is 69.6 cm³/mol. The minimum atomic E-state index is -0.896. The van der Waals surface area contributed by atoms with Crippen LogP contribution in [-0.4, -0.2) is 21.9 Å². The van der Waals surface area contributed by atoms with Crippen molar-refractivity contribution in [2.45, 2.75) is 65.1 Å². The van der Waals surface area contributed by atoms with Crippen LogP contribution in [-0.2, 0) is 0 Å². The van der Waals surface area contributed by atoms with Crippen molar-refractivity contribution in [3.63, 3.8) is 0 Å². The van der Waals surface area contributed by atoms with Gasteiger partial charge in [0, 0.05) is 0 Å². The molecule has 0 aromatic carbocycles. The fourth-order valence-corrected chi connectivity index (χ4v) is 4.01. The quantitative estimate of drug-likeness (QED) is 0.690. The first-order valence-corrected chi connectivity index (χ1v) is 6.87. The van der Waals surface area contributed by atoms with Crippen LogP contribution in [0.15, 0.2) is 11.6 Å². The molecule has 0 spiro atoms. The normalized spacial score (nSPS) is 46.6. The van der Waals surface area contributed by atoms with Gasteiger partial charge < -0.3 is 10.2 Å². The summed E-state index contributed by atoms with van der Waals surface area (Å²) in [5, 5.41) is 21.2. The Morgan fingerprint density at radius 3 is 2.65 bits per heavy atom. The molecule has 2 aliphatic carbocycles. The highest BCUT2D eigenvalue weighted by Crippen LogP contribution is 2.57. The minimum Gasteiger partial charge on any atom is -0.390 e. The first-order chi connectivity index (χ1) is 7.80. The molecule has 0 unspecified atom stereocenters. The fourth-order valence-electron chi connectivity index (χ4n) is 4.01. The molecule has 98 valence electrons. The van der Waals surface area contributed by atoms with Gasteiger partial charge in [-0.3, -0.25) is 0 Å². The molecule has 0 bridgehead atoms. The van der Waals surface area contributed by atoms with E-state index in [-0.39, 0.29) is 17.3 Å². The van der Waals surface area contributed by atoms with Crippen LogP contribution in [0.25, 0.3) is 0 Å². The zero-order valence-corrected chi connectivity index (χ0v) is 11.5. The smallest absolute Gasteiger partial charge is 0.0961 e. The lowest BCUT2D eigenvalue weighted by Gasteiger charge is -2.40. The van der Waals surface area contributed by atoms with Crippen molar-refractivity contribution < 1.29 is 10.2 Å². The molecule has 17 heavy (non-hydrogen) atoms. The molecule has 1 saturated carbocycles. The molecular weight excluding hydrogens is 212 g/mol. The SMILES string of the molecule is CC1=CC[C@@]2(C)C[C@H](O)[C@@](O)(C(C)C)[C@@H]2CC1. The third-order valence-electron chi connectivity index (χ3n) is 5.26. The first kappa shape index (κ1) is 13.1. The Labute approximate surface area is 105 Å². The molecular formula is C15H26O2. The molecule has 2 rings (SSSR count). The van der Waals surface area contributed by atoms with Gasteiger partial charge in [0.25, 0.3) is 0 Å². The number of allylic oxidation sites excluding steroid dienone is 2. The van der Waals surface area contributed by atoms with Crippen LogP contribution in [0.4, 0.5) is 0 Å². The van der Waals surface area contributed by atoms with Crippen molar-refractivity contribution in [2.24, 2.45) is 17.3 Å². The molecule has 0 heterocycles. The van der Waals surface area contributed by atoms with E-state index < -0.39 is 11.7 Å². The molecule has 2 nitrogen and oxygen atoms in total. The summed E-state index contributed by atoms with van der Waals surface area (Å²) in [4.78, 5) is 0. The second kappa shape index (κ2) is 4.10. The van der Waals surface area contributed by atoms with E-state index in [9.17, 15) is 10.2 Å². The third kappa shape index (κ3) is 1.86. The minimum absolute atomic E-state index is 0.0657. The highest BCUT2D eigenvalue weighted by molar-refractivity contribution is 5.16. The Kier molecular flexibility index (Phi) is 3.16. The molecule has 2 aliphatic rings. The van der Waals surface area contributed by atoms with Gasteiger partial charge in [0.1, 0.15) is 0 Å². The Balaban J connectivity index is 2.36. The predicted octanol–water partition coefficient (Wildman–Crippen LogP) is 2.89. The maximum Gasteiger partial charge on any atom is 0.0961 e. The zero-order valence-electron chi connectivity index (χ0n) is 11.5. The van der Waals surface area contributed by atoms with Gasteiger partial charge in [-0.25, -0.2) is 0 Å². The molecule has 0 aromatic rings. The van der Waals surface area contributed by atoms with Crippen molar-refractivity contribution >= 4 is 0 Å². The van der Waals surface area contributed by atoms with Crippen molar-refractivity contribution in [1.29, 1.82) is 0 Å². The second-order valence-corrected chi connectivity index (χ2v) is 6.76. The highest BCUT2D eigenvalue weighted by Gasteiger charge is 2.59. The van der Waals surface area contributed by atoms with Gasteiger partial charge in [-0.1, -0.05) is 32.4 Å². The molecule has 0 aliphatic heterocycles. The van der Waals surface area contributed by atoms with Gasteiger partial charge in [-0.15, -0.1) is 0 Å². The summed E-state index contributed by atoms with van der Waals surface area (Å²) in [5.41, 5.74) is 0.602. The Bertz CT molecular complexity index is 334. The van der Waals surface area contributed by atoms with Crippen LogP contribution in [0.2, 0.25) is 0 Å². The van der Waals surface area contributed by atoms with Crippen LogP contribution in [0.5, 0.6) is 0 Å². The molecule has 1 fully saturated rings. The Morgan fingerprint density at radius 2 is 2.06 bits per heavy atom. The molecule has 0 amide bonds. The molecule has 0 radical (unpaired) electrons. The summed E-state index contributed by atoms with van der Waals surface area (Å²) in [7, 11) is 0. The number of hydrogen-bond donors (Lipinski definition) is 2. The van der Waals surface area contributed by atoms with Crippen molar-refractivity contribution in [3.05, 3.63) is 11.6 Å². The lowest BCUT2D eigenvalue weighted by atomic mass is 9.69. The van der Waals surface area contributed by atoms with E-state index in [2.05, 4.69) is 19.9 Å². The number of aliphatic hydroxyl groups excluding tert-OH is 1. The number of rotatable bonds is 1. The summed E-state index contributed by atoms with van der Waals surface area (Å²) in [6.45, 7) is 8.46. The summed E-state index contributed by atoms with van der Waals surface area (Å²) >= 11 is 0. The number of fused-ring (bicyclic) bond motifs is 1. The molecule has 0 saturated heterocycles. The maximum absolute atomic E-state index is 10.9. The number of hydrogen-bond acceptors (Lipinski definition) is 2. The van der Waals surface area contributed by atoms with Gasteiger partial charge in [0.05, 0.1) is 11.7 Å². The largest absolute Gasteiger partial charge is 0.390 e. The van der Waals surface area contributed by atoms with E-state index >= 15 is 0 Å². The van der Waals surface area contributed by atoms with Gasteiger partial charge in [-0.05, 0) is 49.9 Å². The van der Waals surface area contributed by atoms with Gasteiger partial charge in [-0.2, -0.15) is 0 Å². The monoisotopic (exact) mass is 238 g/mol. The van der Waals surface area contributed by atoms with E-state index in [1.807, 2.05) is 13.8 Å². The van der Waals surface area contributed by atoms with Crippen molar-refractivity contribution in [2.75, 3.05) is 0 Å². The topological polar surface area (TPSA) is 40.5 Å². The summed E-state index contributed by atoms with van der Waals surface area (Å²) in [6, 6.07) is 0. The lowest BCUT2D eigenvalue weighted by molar-refractivity contribution is -0.121. The van der Waals surface area contributed by atoms with Crippen molar-refractivity contribution in [1.82, 2.24) is 0 Å². The van der Waals surface area contributed by atoms with E-state index in [4.69, 9.17) is 0 Å². The maximum atomic E-state index is 10.9. The van der Waals surface area contributed by atoms with Gasteiger partial charge >= 0.3 is 0 Å². The van der Waals surface area contributed by atoms with E-state index in [0.717, 1.165) is 25.7 Å². The second-order valence-electron chi connectivity index (χ2n) is 6.76. The summed E-state index contributed by atoms with van der Waals surface area (Å²) in [6.07, 6.45) is 5.53. The van der Waals surface area contributed by atoms with Gasteiger partial charge in [0.2, 0.25) is 0 Å². The number of aliphatic hydroxyl groups is 2. The Morgan fingerprint density at radius 1 is 1.41 bits per heavy atom. The van der Waals surface area contributed by atoms with E-state index in [1.54, 1.807) is 0 Å². The van der Waals surface area contributed by atoms with E-state index in [0.29, 0.717) is 0 Å². The van der Waals surface area contributed by atoms with Crippen LogP contribution < -0.4 is 0 Å². The average Bonchev–Trinajstić information content (AvgIpc) is 2.35. The molecule has 0 aromatic heterocycles. The Hall–Kier alpha value is -0.340. The van der Waals surface area contributed by atoms with Crippen LogP contribution >= 0.6 is 0 Å². The van der Waals surface area contributed by atoms with Crippen LogP contribution in [0, 0.1) is 17.3 Å². The molecule has 2 N–H and O–H groups in total. The fraction of sp³-hybridized carbons (Fsp3) is 0.867. The van der Waals surface area contributed by atoms with E-state index in [1.165, 1.54) is 5.57 Å². The summed E-state index contributed by atoms with van der Waals surface area (Å²) < 4.78 is 0. The van der Waals surface area contributed by atoms with Crippen molar-refractivity contribution in [3.8, 4) is 0 Å². The highest BCUT2D eigenvalue weighted by atomic mass is 16.3. The lowest BCUT2D eigenvalue weighted by Crippen LogP contribution is -2.49. The van der Waals surface area contributed by atoms with Crippen LogP contribution in [0.3, 0.4) is 0 Å². The zero-order chi connectivity index (χ0) is 12.8. The van der Waals surface area contributed by atoms with Gasteiger partial charge in [0.15, 0.2) is 0 Å². The third-order valence-corrected chi connectivity index (χ3v) is 5.26. The average molecular weight is 238 g/mol. The molecule has 4 atom stereocenters. The standard InChI is InChI=1S/C15H26O2/c1-10(2)15(17)12-6-5-11(3)7-8-14(12,4)9-13(15)16/h7,10,12-13,16-17H,5-6,8-9H2,1-4H3/t12-,13+,14+,15-/m1/s1. The molecule has 2 heteroatoms. The summed E-state index contributed by atoms with van der Waals surface area (Å²) in [5.74, 6) is 0.335. The van der Waals surface area contributed by atoms with Crippen LogP contribution in [0.1, 0.15) is 53.4 Å². The first-order valence-electron chi connectivity index (χ1n) is 6.87.